The monoisotopic (exact) mass is 211 g/mol. The number of rotatable bonds is 3. The third-order valence-electron chi connectivity index (χ3n) is 1.76. The minimum absolute atomic E-state index is 1.23. The van der Waals surface area contributed by atoms with Crippen LogP contribution in [-0.2, 0) is 24.7 Å². The van der Waals surface area contributed by atoms with E-state index < -0.39 is 0 Å². The Morgan fingerprint density at radius 2 is 2.40 bits per heavy atom. The topological polar surface area (TPSA) is 0 Å². The van der Waals surface area contributed by atoms with Crippen LogP contribution in [0.15, 0.2) is 21.0 Å². The van der Waals surface area contributed by atoms with Crippen molar-refractivity contribution >= 4 is 0 Å². The van der Waals surface area contributed by atoms with Gasteiger partial charge >= 0.3 is 78.3 Å². The summed E-state index contributed by atoms with van der Waals surface area (Å²) in [7, 11) is 0. The van der Waals surface area contributed by atoms with Gasteiger partial charge in [-0.05, 0) is 0 Å². The van der Waals surface area contributed by atoms with Gasteiger partial charge in [-0.1, -0.05) is 0 Å². The number of allylic oxidation sites excluding steroid dienone is 4. The van der Waals surface area contributed by atoms with Crippen molar-refractivity contribution < 1.29 is 24.7 Å². The molecule has 0 saturated carbocycles. The van der Waals surface area contributed by atoms with Crippen molar-refractivity contribution in [1.29, 1.82) is 0 Å². The Kier molecular flexibility index (Phi) is 3.62. The zero-order chi connectivity index (χ0) is 7.40. The van der Waals surface area contributed by atoms with E-state index in [2.05, 4.69) is 19.1 Å². The summed E-state index contributed by atoms with van der Waals surface area (Å²) in [6.07, 6.45) is 9.95. The average molecular weight is 212 g/mol. The summed E-state index contributed by atoms with van der Waals surface area (Å²) in [5, 5.41) is 0. The Morgan fingerprint density at radius 1 is 1.60 bits per heavy atom. The summed E-state index contributed by atoms with van der Waals surface area (Å²) >= 11 is 1.59. The molecule has 1 aliphatic rings. The van der Waals surface area contributed by atoms with Crippen LogP contribution in [0, 0.1) is 0 Å². The van der Waals surface area contributed by atoms with Gasteiger partial charge in [0.2, 0.25) is 0 Å². The molecule has 0 amide bonds. The fourth-order valence-electron chi connectivity index (χ4n) is 1.14. The Hall–Kier alpha value is 0.363. The second-order valence-corrected chi connectivity index (χ2v) is 4.33. The normalized spacial score (nSPS) is 16.8. The maximum atomic E-state index is 2.37. The Labute approximate surface area is 78.2 Å². The summed E-state index contributed by atoms with van der Waals surface area (Å²) < 4.78 is 1.61. The number of hydrogen-bond donors (Lipinski definition) is 0. The van der Waals surface area contributed by atoms with E-state index in [0.717, 1.165) is 0 Å². The van der Waals surface area contributed by atoms with Gasteiger partial charge in [0.1, 0.15) is 0 Å². The molecule has 0 nitrogen and oxygen atoms in total. The molecule has 10 heavy (non-hydrogen) atoms. The Bertz CT molecular complexity index is 166. The van der Waals surface area contributed by atoms with Crippen molar-refractivity contribution in [3.05, 3.63) is 21.0 Å². The molecular weight excluding hydrogens is 199 g/mol. The Morgan fingerprint density at radius 3 is 2.90 bits per heavy atom. The fraction of sp³-hybridized carbons (Fsp3) is 0.556. The molecule has 0 aliphatic heterocycles. The van der Waals surface area contributed by atoms with Gasteiger partial charge in [-0.25, -0.2) is 0 Å². The van der Waals surface area contributed by atoms with E-state index in [9.17, 15) is 0 Å². The molecule has 0 aromatic carbocycles. The molecule has 0 saturated heterocycles. The molecule has 0 aromatic heterocycles. The molecule has 0 bridgehead atoms. The first-order chi connectivity index (χ1) is 4.83. The molecule has 0 atom stereocenters. The molecule has 0 aromatic rings. The third kappa shape index (κ3) is 2.54. The van der Waals surface area contributed by atoms with Crippen molar-refractivity contribution in [1.82, 2.24) is 0 Å². The second kappa shape index (κ2) is 4.28. The van der Waals surface area contributed by atoms with Crippen LogP contribution in [0.3, 0.4) is 0 Å². The fourth-order valence-corrected chi connectivity index (χ4v) is 1.84. The predicted molar refractivity (Wildman–Crippen MR) is 40.3 cm³/mol. The van der Waals surface area contributed by atoms with Crippen molar-refractivity contribution in [3.8, 4) is 0 Å². The molecule has 0 N–H and O–H groups in total. The van der Waals surface area contributed by atoms with E-state index in [0.29, 0.717) is 0 Å². The molecule has 0 unspecified atom stereocenters. The van der Waals surface area contributed by atoms with Crippen molar-refractivity contribution in [3.63, 3.8) is 0 Å². The second-order valence-electron chi connectivity index (χ2n) is 2.76. The zero-order valence-corrected chi connectivity index (χ0v) is 8.94. The van der Waals surface area contributed by atoms with E-state index in [1.807, 2.05) is 0 Å². The van der Waals surface area contributed by atoms with Crippen LogP contribution < -0.4 is 0 Å². The van der Waals surface area contributed by atoms with Crippen LogP contribution in [0.25, 0.3) is 0 Å². The van der Waals surface area contributed by atoms with Crippen LogP contribution >= 0.6 is 0 Å². The van der Waals surface area contributed by atoms with Crippen LogP contribution in [-0.4, -0.2) is 0 Å². The third-order valence-corrected chi connectivity index (χ3v) is 2.62. The summed E-state index contributed by atoms with van der Waals surface area (Å²) in [5.41, 5.74) is 1.58. The van der Waals surface area contributed by atoms with Gasteiger partial charge in [0.25, 0.3) is 0 Å². The molecule has 53 valence electrons. The van der Waals surface area contributed by atoms with E-state index in [1.54, 1.807) is 33.6 Å². The molecule has 1 rings (SSSR count). The van der Waals surface area contributed by atoms with Gasteiger partial charge in [-0.3, -0.25) is 0 Å². The van der Waals surface area contributed by atoms with Crippen molar-refractivity contribution in [2.45, 2.75) is 32.6 Å². The van der Waals surface area contributed by atoms with Crippen LogP contribution in [0.4, 0.5) is 0 Å². The van der Waals surface area contributed by atoms with Gasteiger partial charge in [0.15, 0.2) is 0 Å². The van der Waals surface area contributed by atoms with E-state index in [4.69, 9.17) is 0 Å². The molecular formula is C9H13Zr. The molecule has 0 fully saturated rings. The molecule has 0 heterocycles. The molecule has 1 aliphatic carbocycles. The summed E-state index contributed by atoms with van der Waals surface area (Å²) in [6, 6.07) is 0. The van der Waals surface area contributed by atoms with E-state index in [1.165, 1.54) is 25.7 Å². The van der Waals surface area contributed by atoms with Gasteiger partial charge in [0.05, 0.1) is 0 Å². The standard InChI is InChI=1S/C9H13.Zr/c1-2-3-6-9-7-4-5-8-9;/h7-8H,2-4,6H2,1H3;. The SMILES string of the molecule is CCCCC1=CC[C]([Zr])=C1. The number of unbranched alkanes of at least 4 members (excludes halogenated alkanes) is 1. The Balaban J connectivity index is 2.29. The van der Waals surface area contributed by atoms with Crippen LogP contribution in [0.1, 0.15) is 32.6 Å². The first-order valence-corrected chi connectivity index (χ1v) is 5.17. The van der Waals surface area contributed by atoms with Crippen molar-refractivity contribution in [2.24, 2.45) is 0 Å². The first kappa shape index (κ1) is 8.46. The van der Waals surface area contributed by atoms with Gasteiger partial charge < -0.3 is 0 Å². The van der Waals surface area contributed by atoms with E-state index in [-0.39, 0.29) is 0 Å². The minimum atomic E-state index is 1.23. The molecule has 0 spiro atoms. The molecule has 0 radical (unpaired) electrons. The van der Waals surface area contributed by atoms with Gasteiger partial charge in [0, 0.05) is 0 Å². The summed E-state index contributed by atoms with van der Waals surface area (Å²) in [6.45, 7) is 2.25. The predicted octanol–water partition coefficient (Wildman–Crippen LogP) is 2.94. The average Bonchev–Trinajstić information content (AvgIpc) is 2.31. The van der Waals surface area contributed by atoms with Crippen LogP contribution in [0.5, 0.6) is 0 Å². The summed E-state index contributed by atoms with van der Waals surface area (Å²) in [5.74, 6) is 0. The summed E-state index contributed by atoms with van der Waals surface area (Å²) in [4.78, 5) is 0. The van der Waals surface area contributed by atoms with Gasteiger partial charge in [-0.15, -0.1) is 0 Å². The molecule has 1 heteroatoms. The zero-order valence-electron chi connectivity index (χ0n) is 6.48. The van der Waals surface area contributed by atoms with Crippen molar-refractivity contribution in [2.75, 3.05) is 0 Å². The number of hydrogen-bond acceptors (Lipinski definition) is 0. The van der Waals surface area contributed by atoms with Crippen LogP contribution in [0.2, 0.25) is 0 Å². The maximum absolute atomic E-state index is 2.37. The first-order valence-electron chi connectivity index (χ1n) is 3.94. The van der Waals surface area contributed by atoms with Gasteiger partial charge in [-0.2, -0.15) is 0 Å². The quantitative estimate of drug-likeness (QED) is 0.675. The van der Waals surface area contributed by atoms with E-state index >= 15 is 0 Å².